The first kappa shape index (κ1) is 18.9. The molecule has 21 heavy (non-hydrogen) atoms. The van der Waals surface area contributed by atoms with Crippen LogP contribution < -0.4 is 5.32 Å². The van der Waals surface area contributed by atoms with Crippen LogP contribution >= 0.6 is 0 Å². The highest BCUT2D eigenvalue weighted by atomic mass is 32.2. The van der Waals surface area contributed by atoms with Crippen molar-refractivity contribution in [3.63, 3.8) is 0 Å². The van der Waals surface area contributed by atoms with Gasteiger partial charge in [-0.1, -0.05) is 27.7 Å². The fraction of sp³-hybridized carbons (Fsp3) is 1.00. The lowest BCUT2D eigenvalue weighted by Gasteiger charge is -2.30. The van der Waals surface area contributed by atoms with E-state index in [0.29, 0.717) is 38.0 Å². The van der Waals surface area contributed by atoms with Crippen molar-refractivity contribution in [1.29, 1.82) is 0 Å². The molecule has 1 aliphatic rings. The van der Waals surface area contributed by atoms with Crippen LogP contribution in [0, 0.1) is 11.8 Å². The molecule has 0 aliphatic carbocycles. The van der Waals surface area contributed by atoms with Crippen molar-refractivity contribution in [3.8, 4) is 0 Å². The predicted octanol–water partition coefficient (Wildman–Crippen LogP) is 1.92. The smallest absolute Gasteiger partial charge is 0.282 e. The van der Waals surface area contributed by atoms with Crippen LogP contribution in [0.15, 0.2) is 0 Å². The molecule has 0 spiro atoms. The van der Waals surface area contributed by atoms with E-state index in [9.17, 15) is 8.42 Å². The Balaban J connectivity index is 2.76. The van der Waals surface area contributed by atoms with Crippen LogP contribution in [0.3, 0.4) is 0 Å². The standard InChI is InChI=1S/C15H33N3O2S/c1-14(2)6-11-18(12-7-15(3)4)21(19,20)17-10-5-8-16-9-13-17/h14-16H,5-13H2,1-4H3. The molecule has 0 bridgehead atoms. The number of hydrogen-bond donors (Lipinski definition) is 1. The summed E-state index contributed by atoms with van der Waals surface area (Å²) in [6.45, 7) is 12.7. The zero-order valence-corrected chi connectivity index (χ0v) is 15.0. The lowest BCUT2D eigenvalue weighted by molar-refractivity contribution is 0.316. The lowest BCUT2D eigenvalue weighted by Crippen LogP contribution is -2.46. The minimum Gasteiger partial charge on any atom is -0.315 e. The highest BCUT2D eigenvalue weighted by molar-refractivity contribution is 7.86. The molecule has 1 N–H and O–H groups in total. The van der Waals surface area contributed by atoms with Crippen LogP contribution in [0.25, 0.3) is 0 Å². The van der Waals surface area contributed by atoms with Gasteiger partial charge in [-0.3, -0.25) is 0 Å². The van der Waals surface area contributed by atoms with Crippen LogP contribution in [-0.2, 0) is 10.2 Å². The number of hydrogen-bond acceptors (Lipinski definition) is 3. The van der Waals surface area contributed by atoms with Gasteiger partial charge in [0.25, 0.3) is 10.2 Å². The SMILES string of the molecule is CC(C)CCN(CCC(C)C)S(=O)(=O)N1CCCNCC1. The molecule has 1 fully saturated rings. The quantitative estimate of drug-likeness (QED) is 0.744. The summed E-state index contributed by atoms with van der Waals surface area (Å²) in [5.74, 6) is 1.04. The molecule has 0 saturated carbocycles. The first-order valence-electron chi connectivity index (χ1n) is 8.30. The van der Waals surface area contributed by atoms with E-state index < -0.39 is 10.2 Å². The topological polar surface area (TPSA) is 52.7 Å². The molecule has 0 aromatic carbocycles. The Kier molecular flexibility index (Phi) is 8.16. The summed E-state index contributed by atoms with van der Waals surface area (Å²) in [5, 5.41) is 3.26. The van der Waals surface area contributed by atoms with Gasteiger partial charge in [-0.15, -0.1) is 0 Å². The van der Waals surface area contributed by atoms with Crippen LogP contribution in [0.5, 0.6) is 0 Å². The Labute approximate surface area is 131 Å². The molecular formula is C15H33N3O2S. The third-order valence-corrected chi connectivity index (χ3v) is 5.90. The predicted molar refractivity (Wildman–Crippen MR) is 88.5 cm³/mol. The molecule has 0 amide bonds. The average molecular weight is 320 g/mol. The molecule has 0 aromatic heterocycles. The number of rotatable bonds is 8. The Morgan fingerprint density at radius 2 is 1.57 bits per heavy atom. The maximum atomic E-state index is 12.9. The van der Waals surface area contributed by atoms with Gasteiger partial charge in [0.1, 0.15) is 0 Å². The number of nitrogens with one attached hydrogen (secondary N) is 1. The molecule has 0 atom stereocenters. The number of nitrogens with zero attached hydrogens (tertiary/aromatic N) is 2. The summed E-state index contributed by atoms with van der Waals surface area (Å²) in [6.07, 6.45) is 2.73. The van der Waals surface area contributed by atoms with Gasteiger partial charge in [0, 0.05) is 32.7 Å². The minimum absolute atomic E-state index is 0.521. The lowest BCUT2D eigenvalue weighted by atomic mass is 10.1. The molecule has 6 heteroatoms. The summed E-state index contributed by atoms with van der Waals surface area (Å²) < 4.78 is 29.1. The van der Waals surface area contributed by atoms with Gasteiger partial charge in [-0.05, 0) is 37.6 Å². The monoisotopic (exact) mass is 319 g/mol. The second-order valence-corrected chi connectivity index (χ2v) is 8.70. The van der Waals surface area contributed by atoms with Gasteiger partial charge in [-0.2, -0.15) is 17.0 Å². The van der Waals surface area contributed by atoms with Gasteiger partial charge in [-0.25, -0.2) is 0 Å². The van der Waals surface area contributed by atoms with Crippen molar-refractivity contribution in [2.24, 2.45) is 11.8 Å². The highest BCUT2D eigenvalue weighted by Gasteiger charge is 2.29. The molecule has 5 nitrogen and oxygen atoms in total. The summed E-state index contributed by atoms with van der Waals surface area (Å²) in [7, 11) is -3.31. The van der Waals surface area contributed by atoms with Gasteiger partial charge >= 0.3 is 0 Å². The Bertz CT molecular complexity index is 362. The van der Waals surface area contributed by atoms with E-state index in [1.807, 2.05) is 0 Å². The molecule has 1 aliphatic heterocycles. The van der Waals surface area contributed by atoms with Crippen LogP contribution in [-0.4, -0.2) is 56.3 Å². The molecule has 0 unspecified atom stereocenters. The summed E-state index contributed by atoms with van der Waals surface area (Å²) in [4.78, 5) is 0. The van der Waals surface area contributed by atoms with Crippen molar-refractivity contribution in [1.82, 2.24) is 13.9 Å². The normalized spacial score (nSPS) is 18.6. The molecule has 1 saturated heterocycles. The maximum absolute atomic E-state index is 12.9. The molecule has 1 rings (SSSR count). The van der Waals surface area contributed by atoms with Crippen molar-refractivity contribution in [2.45, 2.75) is 47.0 Å². The minimum atomic E-state index is -3.31. The second kappa shape index (κ2) is 9.08. The first-order chi connectivity index (χ1) is 9.84. The fourth-order valence-corrected chi connectivity index (χ4v) is 4.04. The van der Waals surface area contributed by atoms with Crippen LogP contribution in [0.1, 0.15) is 47.0 Å². The van der Waals surface area contributed by atoms with E-state index in [-0.39, 0.29) is 0 Å². The van der Waals surface area contributed by atoms with E-state index in [1.165, 1.54) is 0 Å². The highest BCUT2D eigenvalue weighted by Crippen LogP contribution is 2.15. The first-order valence-corrected chi connectivity index (χ1v) is 9.69. The van der Waals surface area contributed by atoms with E-state index >= 15 is 0 Å². The maximum Gasteiger partial charge on any atom is 0.282 e. The van der Waals surface area contributed by atoms with E-state index in [2.05, 4.69) is 33.0 Å². The summed E-state index contributed by atoms with van der Waals surface area (Å²) >= 11 is 0. The second-order valence-electron chi connectivity index (χ2n) is 6.77. The molecule has 0 aromatic rings. The largest absolute Gasteiger partial charge is 0.315 e. The Morgan fingerprint density at radius 1 is 1.00 bits per heavy atom. The third-order valence-electron chi connectivity index (χ3n) is 3.86. The Hall–Kier alpha value is -0.170. The van der Waals surface area contributed by atoms with Gasteiger partial charge in [0.05, 0.1) is 0 Å². The van der Waals surface area contributed by atoms with E-state index in [0.717, 1.165) is 32.4 Å². The molecule has 1 heterocycles. The van der Waals surface area contributed by atoms with Gasteiger partial charge in [0.15, 0.2) is 0 Å². The van der Waals surface area contributed by atoms with Gasteiger partial charge in [0.2, 0.25) is 0 Å². The van der Waals surface area contributed by atoms with Crippen LogP contribution in [0.4, 0.5) is 0 Å². The van der Waals surface area contributed by atoms with Crippen molar-refractivity contribution < 1.29 is 8.42 Å². The summed E-state index contributed by atoms with van der Waals surface area (Å²) in [6, 6.07) is 0. The summed E-state index contributed by atoms with van der Waals surface area (Å²) in [5.41, 5.74) is 0. The Morgan fingerprint density at radius 3 is 2.10 bits per heavy atom. The van der Waals surface area contributed by atoms with E-state index in [4.69, 9.17) is 0 Å². The van der Waals surface area contributed by atoms with Crippen LogP contribution in [0.2, 0.25) is 0 Å². The molecule has 126 valence electrons. The van der Waals surface area contributed by atoms with Crippen molar-refractivity contribution >= 4 is 10.2 Å². The van der Waals surface area contributed by atoms with E-state index in [1.54, 1.807) is 8.61 Å². The zero-order valence-electron chi connectivity index (χ0n) is 14.1. The average Bonchev–Trinajstić information content (AvgIpc) is 2.66. The van der Waals surface area contributed by atoms with Gasteiger partial charge < -0.3 is 5.32 Å². The van der Waals surface area contributed by atoms with Crippen molar-refractivity contribution in [3.05, 3.63) is 0 Å². The zero-order chi connectivity index (χ0) is 15.9. The molecular weight excluding hydrogens is 286 g/mol. The fourth-order valence-electron chi connectivity index (χ4n) is 2.36. The van der Waals surface area contributed by atoms with Crippen molar-refractivity contribution in [2.75, 3.05) is 39.3 Å². The molecule has 0 radical (unpaired) electrons. The third kappa shape index (κ3) is 6.63.